The van der Waals surface area contributed by atoms with Crippen molar-refractivity contribution in [3.05, 3.63) is 22.8 Å². The van der Waals surface area contributed by atoms with Crippen molar-refractivity contribution >= 4 is 23.3 Å². The van der Waals surface area contributed by atoms with Gasteiger partial charge in [-0.25, -0.2) is 4.98 Å². The summed E-state index contributed by atoms with van der Waals surface area (Å²) in [6.07, 6.45) is 2.91. The largest absolute Gasteiger partial charge is 0.370 e. The first-order valence-corrected chi connectivity index (χ1v) is 7.50. The number of halogens is 1. The highest BCUT2D eigenvalue weighted by Crippen LogP contribution is 2.19. The fraction of sp³-hybridized carbons (Fsp3) is 0.600. The molecule has 2 N–H and O–H groups in total. The zero-order valence-corrected chi connectivity index (χ0v) is 13.5. The Balaban J connectivity index is 2.86. The Morgan fingerprint density at radius 2 is 2.00 bits per heavy atom. The molecule has 0 aliphatic heterocycles. The lowest BCUT2D eigenvalue weighted by Gasteiger charge is -2.25. The van der Waals surface area contributed by atoms with E-state index in [0.717, 1.165) is 25.8 Å². The lowest BCUT2D eigenvalue weighted by atomic mass is 9.99. The van der Waals surface area contributed by atoms with Gasteiger partial charge in [0.2, 0.25) is 0 Å². The number of hydrogen-bond acceptors (Lipinski definition) is 3. The summed E-state index contributed by atoms with van der Waals surface area (Å²) >= 11 is 6.08. The Morgan fingerprint density at radius 3 is 2.60 bits per heavy atom. The highest BCUT2D eigenvalue weighted by molar-refractivity contribution is 6.33. The van der Waals surface area contributed by atoms with Crippen molar-refractivity contribution in [1.82, 2.24) is 10.3 Å². The topological polar surface area (TPSA) is 54.0 Å². The second kappa shape index (κ2) is 7.48. The van der Waals surface area contributed by atoms with E-state index in [1.807, 2.05) is 13.8 Å². The van der Waals surface area contributed by atoms with E-state index in [4.69, 9.17) is 11.6 Å². The molecular weight excluding hydrogens is 274 g/mol. The van der Waals surface area contributed by atoms with Gasteiger partial charge in [0.25, 0.3) is 5.91 Å². The maximum absolute atomic E-state index is 12.3. The van der Waals surface area contributed by atoms with Crippen LogP contribution in [-0.4, -0.2) is 23.0 Å². The Hall–Kier alpha value is -1.29. The van der Waals surface area contributed by atoms with Crippen LogP contribution in [0.25, 0.3) is 0 Å². The van der Waals surface area contributed by atoms with Gasteiger partial charge in [0, 0.05) is 12.1 Å². The maximum Gasteiger partial charge on any atom is 0.271 e. The van der Waals surface area contributed by atoms with Gasteiger partial charge >= 0.3 is 0 Å². The Morgan fingerprint density at radius 1 is 1.30 bits per heavy atom. The number of amides is 1. The fourth-order valence-corrected chi connectivity index (χ4v) is 2.20. The number of nitrogens with zero attached hydrogens (tertiary/aromatic N) is 1. The van der Waals surface area contributed by atoms with Crippen molar-refractivity contribution in [2.75, 3.05) is 11.9 Å². The van der Waals surface area contributed by atoms with Crippen LogP contribution in [-0.2, 0) is 0 Å². The first-order valence-electron chi connectivity index (χ1n) is 7.12. The SMILES string of the molecule is CCCNc1ccc(Cl)c(C(=O)NC(C)(C)CCC)n1. The van der Waals surface area contributed by atoms with Crippen LogP contribution in [0.1, 0.15) is 57.4 Å². The normalized spacial score (nSPS) is 11.2. The summed E-state index contributed by atoms with van der Waals surface area (Å²) in [5.74, 6) is 0.447. The van der Waals surface area contributed by atoms with Gasteiger partial charge in [0.1, 0.15) is 11.5 Å². The molecule has 1 amide bonds. The molecule has 4 nitrogen and oxygen atoms in total. The highest BCUT2D eigenvalue weighted by Gasteiger charge is 2.22. The van der Waals surface area contributed by atoms with Gasteiger partial charge < -0.3 is 10.6 Å². The Labute approximate surface area is 126 Å². The molecule has 1 rings (SSSR count). The molecule has 0 spiro atoms. The van der Waals surface area contributed by atoms with Gasteiger partial charge in [-0.05, 0) is 38.8 Å². The van der Waals surface area contributed by atoms with Crippen molar-refractivity contribution in [2.45, 2.75) is 52.5 Å². The first kappa shape index (κ1) is 16.8. The third-order valence-corrected chi connectivity index (χ3v) is 3.25. The molecule has 0 atom stereocenters. The number of carbonyl (C=O) groups is 1. The lowest BCUT2D eigenvalue weighted by molar-refractivity contribution is 0.0904. The summed E-state index contributed by atoms with van der Waals surface area (Å²) < 4.78 is 0. The number of aromatic nitrogens is 1. The zero-order chi connectivity index (χ0) is 15.2. The van der Waals surface area contributed by atoms with Crippen LogP contribution in [0.3, 0.4) is 0 Å². The molecule has 0 unspecified atom stereocenters. The molecule has 112 valence electrons. The first-order chi connectivity index (χ1) is 9.39. The molecule has 5 heteroatoms. The van der Waals surface area contributed by atoms with Crippen molar-refractivity contribution in [3.63, 3.8) is 0 Å². The van der Waals surface area contributed by atoms with Crippen molar-refractivity contribution in [2.24, 2.45) is 0 Å². The van der Waals surface area contributed by atoms with Crippen molar-refractivity contribution in [1.29, 1.82) is 0 Å². The molecule has 0 saturated carbocycles. The molecule has 0 aliphatic rings. The average Bonchev–Trinajstić information content (AvgIpc) is 2.36. The fourth-order valence-electron chi connectivity index (χ4n) is 2.01. The molecule has 20 heavy (non-hydrogen) atoms. The van der Waals surface area contributed by atoms with Crippen molar-refractivity contribution < 1.29 is 4.79 Å². The van der Waals surface area contributed by atoms with Crippen LogP contribution in [0, 0.1) is 0 Å². The molecule has 0 radical (unpaired) electrons. The van der Waals surface area contributed by atoms with Gasteiger partial charge in [-0.2, -0.15) is 0 Å². The maximum atomic E-state index is 12.3. The minimum atomic E-state index is -0.260. The molecule has 1 aromatic rings. The quantitative estimate of drug-likeness (QED) is 0.803. The minimum absolute atomic E-state index is 0.228. The monoisotopic (exact) mass is 297 g/mol. The third-order valence-electron chi connectivity index (χ3n) is 2.94. The summed E-state index contributed by atoms with van der Waals surface area (Å²) in [7, 11) is 0. The molecule has 1 heterocycles. The van der Waals surface area contributed by atoms with Crippen LogP contribution in [0.15, 0.2) is 12.1 Å². The van der Waals surface area contributed by atoms with Crippen molar-refractivity contribution in [3.8, 4) is 0 Å². The summed E-state index contributed by atoms with van der Waals surface area (Å²) in [6, 6.07) is 3.49. The number of rotatable bonds is 7. The summed E-state index contributed by atoms with van der Waals surface area (Å²) in [4.78, 5) is 16.6. The van der Waals surface area contributed by atoms with E-state index in [-0.39, 0.29) is 17.1 Å². The third kappa shape index (κ3) is 5.00. The highest BCUT2D eigenvalue weighted by atomic mass is 35.5. The number of pyridine rings is 1. The average molecular weight is 298 g/mol. The van der Waals surface area contributed by atoms with E-state index < -0.39 is 0 Å². The molecule has 0 aliphatic carbocycles. The van der Waals surface area contributed by atoms with Crippen LogP contribution in [0.5, 0.6) is 0 Å². The van der Waals surface area contributed by atoms with E-state index in [2.05, 4.69) is 29.5 Å². The Bertz CT molecular complexity index is 460. The molecular formula is C15H24ClN3O. The van der Waals surface area contributed by atoms with Gasteiger partial charge in [0.05, 0.1) is 5.02 Å². The Kier molecular flexibility index (Phi) is 6.27. The molecule has 0 aromatic carbocycles. The number of anilines is 1. The van der Waals surface area contributed by atoms with Gasteiger partial charge in [0.15, 0.2) is 0 Å². The van der Waals surface area contributed by atoms with E-state index in [1.165, 1.54) is 0 Å². The van der Waals surface area contributed by atoms with E-state index >= 15 is 0 Å². The van der Waals surface area contributed by atoms with Gasteiger partial charge in [-0.15, -0.1) is 0 Å². The minimum Gasteiger partial charge on any atom is -0.370 e. The standard InChI is InChI=1S/C15H24ClN3O/c1-5-9-15(3,4)19-14(20)13-11(16)7-8-12(18-13)17-10-6-2/h7-8H,5-6,9-10H2,1-4H3,(H,17,18)(H,19,20). The van der Waals surface area contributed by atoms with Crippen LogP contribution >= 0.6 is 11.6 Å². The van der Waals surface area contributed by atoms with E-state index in [1.54, 1.807) is 12.1 Å². The van der Waals surface area contributed by atoms with Gasteiger partial charge in [-0.1, -0.05) is 31.9 Å². The number of carbonyl (C=O) groups excluding carboxylic acids is 1. The zero-order valence-electron chi connectivity index (χ0n) is 12.7. The smallest absolute Gasteiger partial charge is 0.271 e. The van der Waals surface area contributed by atoms with Crippen LogP contribution < -0.4 is 10.6 Å². The van der Waals surface area contributed by atoms with E-state index in [9.17, 15) is 4.79 Å². The van der Waals surface area contributed by atoms with Crippen LogP contribution in [0.2, 0.25) is 5.02 Å². The number of hydrogen-bond donors (Lipinski definition) is 2. The molecule has 0 fully saturated rings. The van der Waals surface area contributed by atoms with Gasteiger partial charge in [-0.3, -0.25) is 4.79 Å². The summed E-state index contributed by atoms with van der Waals surface area (Å²) in [6.45, 7) is 8.98. The molecule has 1 aromatic heterocycles. The lowest BCUT2D eigenvalue weighted by Crippen LogP contribution is -2.43. The molecule has 0 bridgehead atoms. The number of nitrogens with one attached hydrogen (secondary N) is 2. The summed E-state index contributed by atoms with van der Waals surface area (Å²) in [5, 5.41) is 6.51. The summed E-state index contributed by atoms with van der Waals surface area (Å²) in [5.41, 5.74) is 0.0147. The molecule has 0 saturated heterocycles. The predicted octanol–water partition coefficient (Wildman–Crippen LogP) is 3.87. The second-order valence-corrected chi connectivity index (χ2v) is 5.95. The second-order valence-electron chi connectivity index (χ2n) is 5.54. The predicted molar refractivity (Wildman–Crippen MR) is 84.5 cm³/mol. The van der Waals surface area contributed by atoms with E-state index in [0.29, 0.717) is 10.8 Å². The van der Waals surface area contributed by atoms with Crippen LogP contribution in [0.4, 0.5) is 5.82 Å².